The van der Waals surface area contributed by atoms with Crippen LogP contribution in [0.1, 0.15) is 73.2 Å². The van der Waals surface area contributed by atoms with Gasteiger partial charge in [0.2, 0.25) is 5.69 Å². The number of aromatic nitrogens is 4. The van der Waals surface area contributed by atoms with Gasteiger partial charge in [-0.1, -0.05) is 5.92 Å². The minimum Gasteiger partial charge on any atom is -0.461 e. The topological polar surface area (TPSA) is 181 Å². The van der Waals surface area contributed by atoms with Crippen LogP contribution in [0.3, 0.4) is 0 Å². The van der Waals surface area contributed by atoms with Gasteiger partial charge in [-0.05, 0) is 58.6 Å². The second-order valence-electron chi connectivity index (χ2n) is 11.1. The van der Waals surface area contributed by atoms with Gasteiger partial charge < -0.3 is 19.5 Å². The molecule has 1 fully saturated rings. The van der Waals surface area contributed by atoms with Gasteiger partial charge >= 0.3 is 17.7 Å². The van der Waals surface area contributed by atoms with Crippen LogP contribution in [0.2, 0.25) is 0 Å². The van der Waals surface area contributed by atoms with Crippen molar-refractivity contribution in [1.82, 2.24) is 30.0 Å². The van der Waals surface area contributed by atoms with Gasteiger partial charge in [-0.2, -0.15) is 5.10 Å². The molecule has 0 spiro atoms. The molecule has 0 aromatic carbocycles. The monoisotopic (exact) mass is 653 g/mol. The average molecular weight is 654 g/mol. The van der Waals surface area contributed by atoms with Gasteiger partial charge in [0.15, 0.2) is 5.69 Å². The molecule has 3 aromatic rings. The molecule has 0 saturated carbocycles. The Morgan fingerprint density at radius 2 is 2.04 bits per heavy atom. The Bertz CT molecular complexity index is 1630. The summed E-state index contributed by atoms with van der Waals surface area (Å²) in [6.45, 7) is 8.08. The van der Waals surface area contributed by atoms with Gasteiger partial charge in [-0.3, -0.25) is 24.5 Å². The number of pyridine rings is 1. The third kappa shape index (κ3) is 9.31. The lowest BCUT2D eigenvalue weighted by molar-refractivity contribution is -0.385. The summed E-state index contributed by atoms with van der Waals surface area (Å²) in [4.78, 5) is 58.8. The van der Waals surface area contributed by atoms with Crippen molar-refractivity contribution in [1.29, 1.82) is 0 Å². The SMILES string of the molecule is CCOC(=O)c1csc(-c2ccnc(C#CCN(CCNC(=O)c3nn(C4CCOCC4)cc3[N+](=O)[O-])C(=O)OC(C)(C)C)c2)n1. The summed E-state index contributed by atoms with van der Waals surface area (Å²) in [7, 11) is 0. The summed E-state index contributed by atoms with van der Waals surface area (Å²) in [6, 6.07) is 3.35. The molecule has 1 aliphatic heterocycles. The number of amides is 2. The van der Waals surface area contributed by atoms with Gasteiger partial charge in [0.1, 0.15) is 22.5 Å². The minimum atomic E-state index is -0.782. The molecular weight excluding hydrogens is 618 g/mol. The number of thiazole rings is 1. The van der Waals surface area contributed by atoms with Crippen molar-refractivity contribution < 1.29 is 33.5 Å². The highest BCUT2D eigenvalue weighted by Crippen LogP contribution is 2.26. The van der Waals surface area contributed by atoms with E-state index in [1.165, 1.54) is 27.1 Å². The van der Waals surface area contributed by atoms with E-state index in [-0.39, 0.29) is 43.7 Å². The normalized spacial score (nSPS) is 13.3. The molecule has 1 aliphatic rings. The second kappa shape index (κ2) is 15.4. The molecule has 0 radical (unpaired) electrons. The maximum Gasteiger partial charge on any atom is 0.411 e. The minimum absolute atomic E-state index is 0.00697. The first-order chi connectivity index (χ1) is 21.9. The fraction of sp³-hybridized carbons (Fsp3) is 0.467. The van der Waals surface area contributed by atoms with Gasteiger partial charge in [-0.25, -0.2) is 19.6 Å². The number of nitro groups is 1. The Labute approximate surface area is 269 Å². The van der Waals surface area contributed by atoms with Gasteiger partial charge in [0.25, 0.3) is 5.91 Å². The Morgan fingerprint density at radius 3 is 2.74 bits per heavy atom. The lowest BCUT2D eigenvalue weighted by atomic mass is 10.1. The molecule has 15 nitrogen and oxygen atoms in total. The summed E-state index contributed by atoms with van der Waals surface area (Å²) in [5.74, 6) is 4.60. The molecule has 1 saturated heterocycles. The number of nitrogens with one attached hydrogen (secondary N) is 1. The van der Waals surface area contributed by atoms with Crippen LogP contribution in [0.5, 0.6) is 0 Å². The van der Waals surface area contributed by atoms with E-state index < -0.39 is 34.2 Å². The summed E-state index contributed by atoms with van der Waals surface area (Å²) in [5, 5.41) is 20.7. The van der Waals surface area contributed by atoms with Gasteiger partial charge in [-0.15, -0.1) is 11.3 Å². The van der Waals surface area contributed by atoms with Crippen molar-refractivity contribution >= 4 is 35.0 Å². The smallest absolute Gasteiger partial charge is 0.411 e. The molecule has 0 unspecified atom stereocenters. The van der Waals surface area contributed by atoms with Crippen LogP contribution >= 0.6 is 11.3 Å². The lowest BCUT2D eigenvalue weighted by Crippen LogP contribution is -2.41. The number of carbonyl (C=O) groups excluding carboxylic acids is 3. The highest BCUT2D eigenvalue weighted by atomic mass is 32.1. The Hall–Kier alpha value is -4.88. The molecule has 4 heterocycles. The quantitative estimate of drug-likeness (QED) is 0.145. The first-order valence-corrected chi connectivity index (χ1v) is 15.5. The zero-order valence-corrected chi connectivity index (χ0v) is 26.8. The van der Waals surface area contributed by atoms with E-state index in [1.54, 1.807) is 51.4 Å². The summed E-state index contributed by atoms with van der Waals surface area (Å²) >= 11 is 1.28. The molecule has 0 bridgehead atoms. The first-order valence-electron chi connectivity index (χ1n) is 14.6. The number of esters is 1. The average Bonchev–Trinajstić information content (AvgIpc) is 3.69. The fourth-order valence-corrected chi connectivity index (χ4v) is 5.11. The van der Waals surface area contributed by atoms with E-state index in [0.29, 0.717) is 42.3 Å². The molecule has 0 aliphatic carbocycles. The highest BCUT2D eigenvalue weighted by Gasteiger charge is 2.29. The summed E-state index contributed by atoms with van der Waals surface area (Å²) < 4.78 is 17.3. The number of hydrogen-bond donors (Lipinski definition) is 1. The van der Waals surface area contributed by atoms with E-state index in [2.05, 4.69) is 32.2 Å². The van der Waals surface area contributed by atoms with Crippen molar-refractivity contribution in [3.8, 4) is 22.4 Å². The molecule has 46 heavy (non-hydrogen) atoms. The van der Waals surface area contributed by atoms with Crippen LogP contribution < -0.4 is 5.32 Å². The van der Waals surface area contributed by atoms with Gasteiger partial charge in [0, 0.05) is 43.4 Å². The number of hydrogen-bond acceptors (Lipinski definition) is 12. The van der Waals surface area contributed by atoms with E-state index in [4.69, 9.17) is 14.2 Å². The third-order valence-electron chi connectivity index (χ3n) is 6.49. The number of ether oxygens (including phenoxy) is 3. The van der Waals surface area contributed by atoms with E-state index in [0.717, 1.165) is 0 Å². The van der Waals surface area contributed by atoms with Crippen molar-refractivity contribution in [2.45, 2.75) is 52.2 Å². The molecule has 16 heteroatoms. The molecule has 0 atom stereocenters. The predicted octanol–water partition coefficient (Wildman–Crippen LogP) is 3.86. The largest absolute Gasteiger partial charge is 0.461 e. The zero-order chi connectivity index (χ0) is 33.3. The van der Waals surface area contributed by atoms with Crippen LogP contribution in [0, 0.1) is 22.0 Å². The molecule has 3 aromatic heterocycles. The van der Waals surface area contributed by atoms with Crippen molar-refractivity contribution in [2.24, 2.45) is 0 Å². The molecular formula is C30H35N7O8S. The van der Waals surface area contributed by atoms with Crippen LogP contribution in [0.25, 0.3) is 10.6 Å². The molecule has 244 valence electrons. The van der Waals surface area contributed by atoms with Crippen molar-refractivity contribution in [3.63, 3.8) is 0 Å². The molecule has 1 N–H and O–H groups in total. The summed E-state index contributed by atoms with van der Waals surface area (Å²) in [5.41, 5.74) is -0.150. The number of nitrogens with zero attached hydrogens (tertiary/aromatic N) is 6. The number of carbonyl (C=O) groups is 3. The standard InChI is InChI=1S/C30H35N7O8S/c1-5-44-28(39)23-19-46-27(33-23)20-8-11-31-21(17-20)7-6-13-35(29(40)45-30(2,3)4)14-12-32-26(38)25-24(37(41)42)18-36(34-25)22-9-15-43-16-10-22/h8,11,17-19,22H,5,9-10,12-16H2,1-4H3,(H,32,38). The zero-order valence-electron chi connectivity index (χ0n) is 26.0. The molecule has 4 rings (SSSR count). The van der Waals surface area contributed by atoms with Crippen LogP contribution in [0.15, 0.2) is 29.9 Å². The molecule has 2 amide bonds. The maximum atomic E-state index is 13.0. The van der Waals surface area contributed by atoms with Crippen molar-refractivity contribution in [3.05, 3.63) is 57.1 Å². The first kappa shape index (κ1) is 34.0. The summed E-state index contributed by atoms with van der Waals surface area (Å²) in [6.07, 6.45) is 3.44. The van der Waals surface area contributed by atoms with E-state index in [1.807, 2.05) is 0 Å². The second-order valence-corrected chi connectivity index (χ2v) is 11.9. The maximum absolute atomic E-state index is 13.0. The van der Waals surface area contributed by atoms with E-state index in [9.17, 15) is 24.5 Å². The van der Waals surface area contributed by atoms with Crippen molar-refractivity contribution in [2.75, 3.05) is 39.5 Å². The van der Waals surface area contributed by atoms with Crippen LogP contribution in [-0.4, -0.2) is 92.6 Å². The lowest BCUT2D eigenvalue weighted by Gasteiger charge is -2.26. The Balaban J connectivity index is 1.43. The van der Waals surface area contributed by atoms with Crippen LogP contribution in [-0.2, 0) is 14.2 Å². The van der Waals surface area contributed by atoms with E-state index >= 15 is 0 Å². The fourth-order valence-electron chi connectivity index (χ4n) is 4.33. The predicted molar refractivity (Wildman–Crippen MR) is 166 cm³/mol. The Kier molecular flexibility index (Phi) is 11.4. The third-order valence-corrected chi connectivity index (χ3v) is 7.38. The Morgan fingerprint density at radius 1 is 1.28 bits per heavy atom. The highest BCUT2D eigenvalue weighted by molar-refractivity contribution is 7.13. The number of rotatable bonds is 10. The van der Waals surface area contributed by atoms with Crippen LogP contribution in [0.4, 0.5) is 10.5 Å². The van der Waals surface area contributed by atoms with Gasteiger partial charge in [0.05, 0.1) is 24.1 Å².